The van der Waals surface area contributed by atoms with E-state index in [4.69, 9.17) is 14.2 Å². The van der Waals surface area contributed by atoms with Gasteiger partial charge in [-0.2, -0.15) is 0 Å². The van der Waals surface area contributed by atoms with Crippen LogP contribution in [0.2, 0.25) is 0 Å². The Morgan fingerprint density at radius 2 is 1.96 bits per heavy atom. The van der Waals surface area contributed by atoms with Crippen molar-refractivity contribution in [2.45, 2.75) is 26.0 Å². The molecule has 1 saturated heterocycles. The molecule has 2 atom stereocenters. The van der Waals surface area contributed by atoms with Crippen molar-refractivity contribution in [2.24, 2.45) is 0 Å². The molecular formula is C20H24ClFN2O4. The molecule has 1 fully saturated rings. The molecule has 0 saturated carbocycles. The highest BCUT2D eigenvalue weighted by Gasteiger charge is 2.28. The van der Waals surface area contributed by atoms with Crippen molar-refractivity contribution in [1.29, 1.82) is 0 Å². The van der Waals surface area contributed by atoms with Crippen LogP contribution < -0.4 is 20.1 Å². The van der Waals surface area contributed by atoms with Crippen molar-refractivity contribution in [2.75, 3.05) is 25.6 Å². The average molecular weight is 411 g/mol. The molecule has 1 heterocycles. The highest BCUT2D eigenvalue weighted by molar-refractivity contribution is 5.95. The average Bonchev–Trinajstić information content (AvgIpc) is 2.65. The van der Waals surface area contributed by atoms with E-state index in [1.807, 2.05) is 26.0 Å². The van der Waals surface area contributed by atoms with Crippen molar-refractivity contribution in [3.63, 3.8) is 0 Å². The Labute approximate surface area is 169 Å². The number of anilines is 1. The highest BCUT2D eigenvalue weighted by Crippen LogP contribution is 2.34. The molecule has 3 rings (SSSR count). The number of carbonyl (C=O) groups excluding carboxylic acids is 1. The van der Waals surface area contributed by atoms with Crippen LogP contribution in [0.5, 0.6) is 17.2 Å². The number of hydrogen-bond acceptors (Lipinski definition) is 5. The van der Waals surface area contributed by atoms with Gasteiger partial charge in [0.15, 0.2) is 23.1 Å². The molecule has 6 nitrogen and oxygen atoms in total. The van der Waals surface area contributed by atoms with E-state index in [0.29, 0.717) is 30.3 Å². The zero-order valence-electron chi connectivity index (χ0n) is 16.0. The van der Waals surface area contributed by atoms with Gasteiger partial charge in [0.2, 0.25) is 5.91 Å². The van der Waals surface area contributed by atoms with Crippen molar-refractivity contribution in [1.82, 2.24) is 5.32 Å². The van der Waals surface area contributed by atoms with Gasteiger partial charge in [0.25, 0.3) is 0 Å². The second kappa shape index (κ2) is 9.73. The smallest absolute Gasteiger partial charge is 0.244 e. The van der Waals surface area contributed by atoms with Crippen LogP contribution in [-0.2, 0) is 9.53 Å². The fourth-order valence-corrected chi connectivity index (χ4v) is 2.89. The molecule has 0 bridgehead atoms. The lowest BCUT2D eigenvalue weighted by Crippen LogP contribution is -2.53. The maximum atomic E-state index is 14.5. The van der Waals surface area contributed by atoms with Crippen LogP contribution in [-0.4, -0.2) is 38.3 Å². The summed E-state index contributed by atoms with van der Waals surface area (Å²) in [4.78, 5) is 12.4. The van der Waals surface area contributed by atoms with Gasteiger partial charge in [-0.05, 0) is 43.7 Å². The first-order chi connectivity index (χ1) is 13.0. The molecule has 152 valence electrons. The largest absolute Gasteiger partial charge is 0.493 e. The molecule has 2 aromatic rings. The van der Waals surface area contributed by atoms with E-state index in [9.17, 15) is 9.18 Å². The minimum atomic E-state index is -0.587. The van der Waals surface area contributed by atoms with Crippen LogP contribution in [0.1, 0.15) is 12.5 Å². The first-order valence-electron chi connectivity index (χ1n) is 8.76. The first-order valence-corrected chi connectivity index (χ1v) is 8.76. The lowest BCUT2D eigenvalue weighted by molar-refractivity contribution is -0.123. The van der Waals surface area contributed by atoms with Crippen molar-refractivity contribution in [3.05, 3.63) is 47.8 Å². The summed E-state index contributed by atoms with van der Waals surface area (Å²) in [7, 11) is 1.53. The van der Waals surface area contributed by atoms with Gasteiger partial charge < -0.3 is 24.8 Å². The summed E-state index contributed by atoms with van der Waals surface area (Å²) in [6.45, 7) is 4.91. The minimum absolute atomic E-state index is 0. The Morgan fingerprint density at radius 3 is 2.64 bits per heavy atom. The SMILES string of the molecule is COc1cc(C)ccc1Oc1ccc(NC(=O)[C@H]2NCCO[C@@H]2C)cc1F.Cl. The van der Waals surface area contributed by atoms with Crippen LogP contribution in [0.4, 0.5) is 10.1 Å². The highest BCUT2D eigenvalue weighted by atomic mass is 35.5. The van der Waals surface area contributed by atoms with Gasteiger partial charge >= 0.3 is 0 Å². The monoisotopic (exact) mass is 410 g/mol. The molecule has 2 aromatic carbocycles. The van der Waals surface area contributed by atoms with E-state index in [0.717, 1.165) is 5.56 Å². The third-order valence-electron chi connectivity index (χ3n) is 4.34. The van der Waals surface area contributed by atoms with Crippen LogP contribution in [0.25, 0.3) is 0 Å². The predicted molar refractivity (Wildman–Crippen MR) is 107 cm³/mol. The van der Waals surface area contributed by atoms with Crippen molar-refractivity contribution in [3.8, 4) is 17.2 Å². The Kier molecular flexibility index (Phi) is 7.62. The van der Waals surface area contributed by atoms with Crippen LogP contribution >= 0.6 is 12.4 Å². The van der Waals surface area contributed by atoms with E-state index in [1.54, 1.807) is 12.1 Å². The Morgan fingerprint density at radius 1 is 1.21 bits per heavy atom. The normalized spacial score (nSPS) is 18.7. The number of amides is 1. The quantitative estimate of drug-likeness (QED) is 0.787. The lowest BCUT2D eigenvalue weighted by atomic mass is 10.1. The topological polar surface area (TPSA) is 68.8 Å². The Hall–Kier alpha value is -2.35. The number of halogens is 2. The molecule has 0 unspecified atom stereocenters. The maximum Gasteiger partial charge on any atom is 0.244 e. The molecule has 0 radical (unpaired) electrons. The molecule has 8 heteroatoms. The number of hydrogen-bond donors (Lipinski definition) is 2. The number of nitrogens with one attached hydrogen (secondary N) is 2. The zero-order valence-corrected chi connectivity index (χ0v) is 16.8. The summed E-state index contributed by atoms with van der Waals surface area (Å²) in [5.41, 5.74) is 1.35. The molecule has 1 amide bonds. The third kappa shape index (κ3) is 5.13. The number of ether oxygens (including phenoxy) is 3. The number of benzene rings is 2. The number of rotatable bonds is 5. The zero-order chi connectivity index (χ0) is 19.4. The van der Waals surface area contributed by atoms with E-state index in [1.165, 1.54) is 19.2 Å². The summed E-state index contributed by atoms with van der Waals surface area (Å²) in [5, 5.41) is 5.80. The van der Waals surface area contributed by atoms with Gasteiger partial charge in [-0.1, -0.05) is 6.07 Å². The maximum absolute atomic E-state index is 14.5. The molecule has 28 heavy (non-hydrogen) atoms. The number of methoxy groups -OCH3 is 1. The number of carbonyl (C=O) groups is 1. The standard InChI is InChI=1S/C20H23FN2O4.ClH/c1-12-4-6-17(18(10-12)25-3)27-16-7-5-14(11-15(16)21)23-20(24)19-13(2)26-9-8-22-19;/h4-7,10-11,13,19,22H,8-9H2,1-3H3,(H,23,24);1H/t13-,19+;/m1./s1. The molecule has 0 spiro atoms. The molecule has 2 N–H and O–H groups in total. The van der Waals surface area contributed by atoms with Gasteiger partial charge in [0, 0.05) is 18.3 Å². The van der Waals surface area contributed by atoms with Gasteiger partial charge in [0.05, 0.1) is 19.8 Å². The van der Waals surface area contributed by atoms with E-state index < -0.39 is 11.9 Å². The summed E-state index contributed by atoms with van der Waals surface area (Å²) in [6.07, 6.45) is -0.250. The Bertz CT molecular complexity index is 834. The number of aryl methyl sites for hydroxylation is 1. The van der Waals surface area contributed by atoms with E-state index in [-0.39, 0.29) is 30.2 Å². The Balaban J connectivity index is 0.00000280. The van der Waals surface area contributed by atoms with E-state index in [2.05, 4.69) is 10.6 Å². The van der Waals surface area contributed by atoms with Crippen LogP contribution in [0.15, 0.2) is 36.4 Å². The lowest BCUT2D eigenvalue weighted by Gasteiger charge is -2.29. The summed E-state index contributed by atoms with van der Waals surface area (Å²) in [5.74, 6) is 0.120. The van der Waals surface area contributed by atoms with Gasteiger partial charge in [0.1, 0.15) is 6.04 Å². The second-order valence-corrected chi connectivity index (χ2v) is 6.40. The minimum Gasteiger partial charge on any atom is -0.493 e. The molecule has 0 aliphatic carbocycles. The van der Waals surface area contributed by atoms with E-state index >= 15 is 0 Å². The van der Waals surface area contributed by atoms with Crippen LogP contribution in [0, 0.1) is 12.7 Å². The summed E-state index contributed by atoms with van der Waals surface area (Å²) >= 11 is 0. The van der Waals surface area contributed by atoms with Crippen molar-refractivity contribution < 1.29 is 23.4 Å². The van der Waals surface area contributed by atoms with Gasteiger partial charge in [-0.25, -0.2) is 4.39 Å². The van der Waals surface area contributed by atoms with Crippen molar-refractivity contribution >= 4 is 24.0 Å². The van der Waals surface area contributed by atoms with Gasteiger partial charge in [-0.15, -0.1) is 12.4 Å². The number of morpholine rings is 1. The second-order valence-electron chi connectivity index (χ2n) is 6.40. The molecule has 1 aliphatic rings. The van der Waals surface area contributed by atoms with Crippen LogP contribution in [0.3, 0.4) is 0 Å². The fraction of sp³-hybridized carbons (Fsp3) is 0.350. The summed E-state index contributed by atoms with van der Waals surface area (Å²) < 4.78 is 30.8. The molecular weight excluding hydrogens is 387 g/mol. The molecule has 0 aromatic heterocycles. The first kappa shape index (κ1) is 21.9. The third-order valence-corrected chi connectivity index (χ3v) is 4.34. The fourth-order valence-electron chi connectivity index (χ4n) is 2.89. The summed E-state index contributed by atoms with van der Waals surface area (Å²) in [6, 6.07) is 9.19. The molecule has 1 aliphatic heterocycles. The van der Waals surface area contributed by atoms with Gasteiger partial charge in [-0.3, -0.25) is 4.79 Å². The predicted octanol–water partition coefficient (Wildman–Crippen LogP) is 3.67.